The van der Waals surface area contributed by atoms with E-state index >= 15 is 0 Å². The summed E-state index contributed by atoms with van der Waals surface area (Å²) in [6.45, 7) is 2.60. The van der Waals surface area contributed by atoms with Gasteiger partial charge in [-0.3, -0.25) is 14.8 Å². The molecule has 24 heavy (non-hydrogen) atoms. The Balaban J connectivity index is 1.75. The fraction of sp³-hybridized carbons (Fsp3) is 0.474. The number of benzene rings is 1. The molecule has 1 fully saturated rings. The van der Waals surface area contributed by atoms with Crippen LogP contribution in [0, 0.1) is 6.92 Å². The van der Waals surface area contributed by atoms with Gasteiger partial charge in [0.05, 0.1) is 17.9 Å². The highest BCUT2D eigenvalue weighted by Gasteiger charge is 2.29. The summed E-state index contributed by atoms with van der Waals surface area (Å²) in [4.78, 5) is 16.8. The minimum absolute atomic E-state index is 0.0943. The fourth-order valence-electron chi connectivity index (χ4n) is 3.12. The van der Waals surface area contributed by atoms with Crippen molar-refractivity contribution in [2.45, 2.75) is 38.3 Å². The molecular formula is C19H26N4O. The van der Waals surface area contributed by atoms with Gasteiger partial charge in [-0.1, -0.05) is 24.3 Å². The van der Waals surface area contributed by atoms with E-state index in [1.165, 1.54) is 12.8 Å². The minimum Gasteiger partial charge on any atom is -0.338 e. The standard InChI is InChI=1S/C19H26N4O/c1-13-7-5-6-8-16(13)18(22(2)3)19(24)23(4)12-15-11-17(21-20-15)14-9-10-14/h5-8,11,14,18H,9-10,12H2,1-4H3,(H,20,21)/t18-/m0/s1. The first-order chi connectivity index (χ1) is 11.5. The van der Waals surface area contributed by atoms with Crippen LogP contribution >= 0.6 is 0 Å². The zero-order valence-corrected chi connectivity index (χ0v) is 14.9. The number of nitrogens with zero attached hydrogens (tertiary/aromatic N) is 3. The van der Waals surface area contributed by atoms with Crippen molar-refractivity contribution in [3.63, 3.8) is 0 Å². The number of aromatic amines is 1. The molecule has 2 aromatic rings. The summed E-state index contributed by atoms with van der Waals surface area (Å²) >= 11 is 0. The van der Waals surface area contributed by atoms with E-state index in [0.717, 1.165) is 22.5 Å². The molecule has 0 bridgehead atoms. The zero-order valence-electron chi connectivity index (χ0n) is 14.9. The van der Waals surface area contributed by atoms with Gasteiger partial charge >= 0.3 is 0 Å². The largest absolute Gasteiger partial charge is 0.338 e. The third kappa shape index (κ3) is 3.51. The molecule has 1 atom stereocenters. The SMILES string of the molecule is Cc1ccccc1[C@@H](C(=O)N(C)Cc1cc(C2CC2)n[nH]1)N(C)C. The Kier molecular flexibility index (Phi) is 4.71. The molecule has 1 amide bonds. The molecule has 1 aliphatic rings. The number of aromatic nitrogens is 2. The van der Waals surface area contributed by atoms with E-state index in [1.807, 2.05) is 44.2 Å². The van der Waals surface area contributed by atoms with Gasteiger partial charge in [0.2, 0.25) is 5.91 Å². The molecule has 128 valence electrons. The molecule has 1 aromatic carbocycles. The maximum Gasteiger partial charge on any atom is 0.244 e. The third-order valence-corrected chi connectivity index (χ3v) is 4.66. The first-order valence-electron chi connectivity index (χ1n) is 8.48. The maximum absolute atomic E-state index is 13.0. The lowest BCUT2D eigenvalue weighted by Gasteiger charge is -2.29. The fourth-order valence-corrected chi connectivity index (χ4v) is 3.12. The number of carbonyl (C=O) groups excluding carboxylic acids is 1. The van der Waals surface area contributed by atoms with E-state index in [1.54, 1.807) is 4.90 Å². The monoisotopic (exact) mass is 326 g/mol. The van der Waals surface area contributed by atoms with Crippen LogP contribution < -0.4 is 0 Å². The predicted octanol–water partition coefficient (Wildman–Crippen LogP) is 2.86. The third-order valence-electron chi connectivity index (χ3n) is 4.66. The second kappa shape index (κ2) is 6.77. The van der Waals surface area contributed by atoms with E-state index < -0.39 is 0 Å². The summed E-state index contributed by atoms with van der Waals surface area (Å²) in [5, 5.41) is 7.44. The highest BCUT2D eigenvalue weighted by atomic mass is 16.2. The molecule has 3 rings (SSSR count). The second-order valence-electron chi connectivity index (χ2n) is 7.01. The van der Waals surface area contributed by atoms with Crippen LogP contribution in [0.4, 0.5) is 0 Å². The van der Waals surface area contributed by atoms with Gasteiger partial charge in [-0.2, -0.15) is 5.10 Å². The topological polar surface area (TPSA) is 52.2 Å². The molecular weight excluding hydrogens is 300 g/mol. The first kappa shape index (κ1) is 16.7. The second-order valence-corrected chi connectivity index (χ2v) is 7.01. The van der Waals surface area contributed by atoms with Gasteiger partial charge in [0.1, 0.15) is 6.04 Å². The quantitative estimate of drug-likeness (QED) is 0.888. The van der Waals surface area contributed by atoms with Crippen LogP contribution in [0.25, 0.3) is 0 Å². The predicted molar refractivity (Wildman–Crippen MR) is 94.6 cm³/mol. The van der Waals surface area contributed by atoms with Crippen LogP contribution in [0.15, 0.2) is 30.3 Å². The van der Waals surface area contributed by atoms with Crippen molar-refractivity contribution in [3.05, 3.63) is 52.8 Å². The van der Waals surface area contributed by atoms with Crippen LogP contribution in [0.3, 0.4) is 0 Å². The lowest BCUT2D eigenvalue weighted by atomic mass is 9.99. The van der Waals surface area contributed by atoms with Crippen molar-refractivity contribution < 1.29 is 4.79 Å². The van der Waals surface area contributed by atoms with Crippen LogP contribution in [-0.2, 0) is 11.3 Å². The number of carbonyl (C=O) groups is 1. The average molecular weight is 326 g/mol. The van der Waals surface area contributed by atoms with Crippen LogP contribution in [-0.4, -0.2) is 47.0 Å². The molecule has 0 radical (unpaired) electrons. The van der Waals surface area contributed by atoms with Crippen LogP contribution in [0.5, 0.6) is 0 Å². The van der Waals surface area contributed by atoms with Gasteiger partial charge in [0, 0.05) is 13.0 Å². The Labute approximate surface area is 143 Å². The van der Waals surface area contributed by atoms with Crippen molar-refractivity contribution in [2.75, 3.05) is 21.1 Å². The molecule has 1 heterocycles. The summed E-state index contributed by atoms with van der Waals surface area (Å²) in [7, 11) is 5.75. The Morgan fingerprint density at radius 3 is 2.62 bits per heavy atom. The van der Waals surface area contributed by atoms with Crippen molar-refractivity contribution in [3.8, 4) is 0 Å². The molecule has 1 saturated carbocycles. The van der Waals surface area contributed by atoms with Gasteiger partial charge in [-0.05, 0) is 51.1 Å². The van der Waals surface area contributed by atoms with E-state index in [-0.39, 0.29) is 11.9 Å². The first-order valence-corrected chi connectivity index (χ1v) is 8.48. The molecule has 1 aromatic heterocycles. The molecule has 0 saturated heterocycles. The Hall–Kier alpha value is -2.14. The number of aryl methyl sites for hydroxylation is 1. The van der Waals surface area contributed by atoms with Crippen molar-refractivity contribution in [1.29, 1.82) is 0 Å². The summed E-state index contributed by atoms with van der Waals surface area (Å²) in [6.07, 6.45) is 2.46. The van der Waals surface area contributed by atoms with Gasteiger partial charge in [-0.15, -0.1) is 0 Å². The lowest BCUT2D eigenvalue weighted by molar-refractivity contribution is -0.135. The average Bonchev–Trinajstić information content (AvgIpc) is 3.29. The number of hydrogen-bond acceptors (Lipinski definition) is 3. The van der Waals surface area contributed by atoms with Gasteiger partial charge < -0.3 is 4.90 Å². The Morgan fingerprint density at radius 2 is 2.00 bits per heavy atom. The number of H-pyrrole nitrogens is 1. The van der Waals surface area contributed by atoms with E-state index in [0.29, 0.717) is 12.5 Å². The number of likely N-dealkylation sites (N-methyl/N-ethyl adjacent to an activating group) is 2. The Morgan fingerprint density at radius 1 is 1.29 bits per heavy atom. The highest BCUT2D eigenvalue weighted by molar-refractivity contribution is 5.83. The molecule has 1 N–H and O–H groups in total. The number of rotatable bonds is 6. The molecule has 5 heteroatoms. The number of hydrogen-bond donors (Lipinski definition) is 1. The van der Waals surface area contributed by atoms with E-state index in [9.17, 15) is 4.79 Å². The Bertz CT molecular complexity index is 718. The molecule has 0 aliphatic heterocycles. The van der Waals surface area contributed by atoms with Crippen LogP contribution in [0.1, 0.15) is 47.3 Å². The van der Waals surface area contributed by atoms with Crippen molar-refractivity contribution >= 4 is 5.91 Å². The summed E-state index contributed by atoms with van der Waals surface area (Å²) in [5.41, 5.74) is 4.32. The molecule has 5 nitrogen and oxygen atoms in total. The van der Waals surface area contributed by atoms with Crippen molar-refractivity contribution in [2.24, 2.45) is 0 Å². The van der Waals surface area contributed by atoms with Gasteiger partial charge in [-0.25, -0.2) is 0 Å². The number of nitrogens with one attached hydrogen (secondary N) is 1. The zero-order chi connectivity index (χ0) is 17.3. The molecule has 0 unspecified atom stereocenters. The summed E-state index contributed by atoms with van der Waals surface area (Å²) in [6, 6.07) is 9.90. The minimum atomic E-state index is -0.276. The van der Waals surface area contributed by atoms with Gasteiger partial charge in [0.15, 0.2) is 0 Å². The summed E-state index contributed by atoms with van der Waals surface area (Å²) < 4.78 is 0. The maximum atomic E-state index is 13.0. The number of amides is 1. The van der Waals surface area contributed by atoms with Crippen molar-refractivity contribution in [1.82, 2.24) is 20.0 Å². The highest BCUT2D eigenvalue weighted by Crippen LogP contribution is 2.39. The van der Waals surface area contributed by atoms with Crippen LogP contribution in [0.2, 0.25) is 0 Å². The lowest BCUT2D eigenvalue weighted by Crippen LogP contribution is -2.38. The normalized spacial score (nSPS) is 15.5. The van der Waals surface area contributed by atoms with Gasteiger partial charge in [0.25, 0.3) is 0 Å². The molecule has 0 spiro atoms. The smallest absolute Gasteiger partial charge is 0.244 e. The van der Waals surface area contributed by atoms with E-state index in [4.69, 9.17) is 0 Å². The molecule has 1 aliphatic carbocycles. The summed E-state index contributed by atoms with van der Waals surface area (Å²) in [5.74, 6) is 0.717. The van der Waals surface area contributed by atoms with E-state index in [2.05, 4.69) is 29.3 Å².